The van der Waals surface area contributed by atoms with Gasteiger partial charge >= 0.3 is 5.97 Å². The molecule has 0 atom stereocenters. The zero-order valence-electron chi connectivity index (χ0n) is 10.5. The molecule has 0 spiro atoms. The van der Waals surface area contributed by atoms with Crippen LogP contribution in [0.3, 0.4) is 0 Å². The molecule has 0 aliphatic heterocycles. The maximum absolute atomic E-state index is 11.6. The number of halogens is 1. The molecule has 0 saturated heterocycles. The summed E-state index contributed by atoms with van der Waals surface area (Å²) in [7, 11) is 0. The van der Waals surface area contributed by atoms with Crippen LogP contribution in [-0.2, 0) is 14.5 Å². The summed E-state index contributed by atoms with van der Waals surface area (Å²) in [5, 5.41) is 2.74. The van der Waals surface area contributed by atoms with Crippen molar-refractivity contribution in [1.82, 2.24) is 0 Å². The number of anilines is 1. The molecule has 5 heteroatoms. The van der Waals surface area contributed by atoms with E-state index in [0.29, 0.717) is 0 Å². The highest BCUT2D eigenvalue weighted by atomic mass is 19.3. The number of hydrogen-bond acceptors (Lipinski definition) is 3. The van der Waals surface area contributed by atoms with Gasteiger partial charge < -0.3 is 5.32 Å². The molecule has 4 nitrogen and oxygen atoms in total. The van der Waals surface area contributed by atoms with E-state index in [0.717, 1.165) is 16.8 Å². The first-order chi connectivity index (χ1) is 8.52. The van der Waals surface area contributed by atoms with Gasteiger partial charge in [-0.15, -0.1) is 0 Å². The summed E-state index contributed by atoms with van der Waals surface area (Å²) in [6.45, 7) is 3.88. The molecule has 0 unspecified atom stereocenters. The van der Waals surface area contributed by atoms with Gasteiger partial charge in [0.15, 0.2) is 0 Å². The highest BCUT2D eigenvalue weighted by Crippen LogP contribution is 2.16. The largest absolute Gasteiger partial charge is 0.348 e. The van der Waals surface area contributed by atoms with Gasteiger partial charge in [-0.1, -0.05) is 17.7 Å². The lowest BCUT2D eigenvalue weighted by atomic mass is 10.1. The van der Waals surface area contributed by atoms with Gasteiger partial charge in [0.1, 0.15) is 0 Å². The third kappa shape index (κ3) is 4.53. The van der Waals surface area contributed by atoms with Crippen molar-refractivity contribution in [3.63, 3.8) is 0 Å². The Kier molecular flexibility index (Phi) is 5.30. The van der Waals surface area contributed by atoms with E-state index in [9.17, 15) is 14.1 Å². The zero-order chi connectivity index (χ0) is 13.5. The minimum absolute atomic E-state index is 0.100. The summed E-state index contributed by atoms with van der Waals surface area (Å²) >= 11 is 0. The molecule has 0 radical (unpaired) electrons. The van der Waals surface area contributed by atoms with E-state index in [2.05, 4.69) is 10.3 Å². The Morgan fingerprint density at radius 2 is 2.00 bits per heavy atom. The Morgan fingerprint density at radius 3 is 2.61 bits per heavy atom. The molecule has 0 heterocycles. The quantitative estimate of drug-likeness (QED) is 0.877. The zero-order valence-corrected chi connectivity index (χ0v) is 10.5. The van der Waals surface area contributed by atoms with Gasteiger partial charge in [-0.3, -0.25) is 9.74 Å². The number of carbonyl (C=O) groups excluding carboxylic acids is 2. The lowest BCUT2D eigenvalue weighted by molar-refractivity contribution is -0.183. The smallest absolute Gasteiger partial charge is 0.326 e. The molecule has 98 valence electrons. The lowest BCUT2D eigenvalue weighted by Gasteiger charge is -2.08. The van der Waals surface area contributed by atoms with Crippen LogP contribution in [-0.4, -0.2) is 11.9 Å². The van der Waals surface area contributed by atoms with E-state index in [1.165, 1.54) is 0 Å². The summed E-state index contributed by atoms with van der Waals surface area (Å²) in [5.74, 6) is -1.15. The molecule has 1 aromatic rings. The molecule has 0 aliphatic rings. The van der Waals surface area contributed by atoms with Crippen LogP contribution in [0.1, 0.15) is 30.4 Å². The molecule has 0 saturated carbocycles. The number of benzene rings is 1. The molecule has 0 bridgehead atoms. The van der Waals surface area contributed by atoms with Crippen LogP contribution >= 0.6 is 0 Å². The molecule has 0 aliphatic carbocycles. The normalized spacial score (nSPS) is 9.94. The Labute approximate surface area is 105 Å². The number of nitrogens with one attached hydrogen (secondary N) is 1. The van der Waals surface area contributed by atoms with E-state index in [1.807, 2.05) is 32.0 Å². The second-order valence-electron chi connectivity index (χ2n) is 4.17. The second-order valence-corrected chi connectivity index (χ2v) is 4.17. The van der Waals surface area contributed by atoms with Crippen molar-refractivity contribution < 1.29 is 19.1 Å². The Bertz CT molecular complexity index is 446. The van der Waals surface area contributed by atoms with E-state index in [-0.39, 0.29) is 25.2 Å². The molecular formula is C13H16FNO3. The first-order valence-corrected chi connectivity index (χ1v) is 5.71. The van der Waals surface area contributed by atoms with Crippen molar-refractivity contribution in [2.24, 2.45) is 0 Å². The Balaban J connectivity index is 2.42. The van der Waals surface area contributed by atoms with E-state index >= 15 is 0 Å². The van der Waals surface area contributed by atoms with E-state index in [4.69, 9.17) is 0 Å². The van der Waals surface area contributed by atoms with Crippen molar-refractivity contribution >= 4 is 17.6 Å². The average Bonchev–Trinajstić information content (AvgIpc) is 2.32. The Hall–Kier alpha value is -1.91. The van der Waals surface area contributed by atoms with Crippen LogP contribution in [0.15, 0.2) is 18.2 Å². The van der Waals surface area contributed by atoms with Crippen molar-refractivity contribution in [3.05, 3.63) is 29.3 Å². The highest BCUT2D eigenvalue weighted by molar-refractivity contribution is 5.91. The van der Waals surface area contributed by atoms with Crippen molar-refractivity contribution in [3.8, 4) is 0 Å². The topological polar surface area (TPSA) is 55.4 Å². The molecule has 1 amide bonds. The van der Waals surface area contributed by atoms with Crippen molar-refractivity contribution in [1.29, 1.82) is 0 Å². The first kappa shape index (κ1) is 14.2. The summed E-state index contributed by atoms with van der Waals surface area (Å²) in [4.78, 5) is 25.1. The molecule has 1 N–H and O–H groups in total. The molecule has 0 fully saturated rings. The lowest BCUT2D eigenvalue weighted by Crippen LogP contribution is -2.12. The second kappa shape index (κ2) is 6.74. The van der Waals surface area contributed by atoms with Crippen molar-refractivity contribution in [2.45, 2.75) is 33.1 Å². The molecule has 0 aromatic heterocycles. The van der Waals surface area contributed by atoms with E-state index < -0.39 is 5.97 Å². The van der Waals surface area contributed by atoms with Crippen LogP contribution < -0.4 is 5.32 Å². The third-order valence-electron chi connectivity index (χ3n) is 2.53. The van der Waals surface area contributed by atoms with Gasteiger partial charge in [-0.2, -0.15) is 0 Å². The van der Waals surface area contributed by atoms with Crippen LogP contribution in [0.5, 0.6) is 0 Å². The number of rotatable bonds is 5. The fourth-order valence-electron chi connectivity index (χ4n) is 1.60. The van der Waals surface area contributed by atoms with E-state index in [1.54, 1.807) is 0 Å². The monoisotopic (exact) mass is 253 g/mol. The van der Waals surface area contributed by atoms with Gasteiger partial charge in [0.25, 0.3) is 0 Å². The molecule has 1 aromatic carbocycles. The number of amides is 1. The average molecular weight is 253 g/mol. The minimum atomic E-state index is -0.950. The van der Waals surface area contributed by atoms with Gasteiger partial charge in [0.05, 0.1) is 0 Å². The summed E-state index contributed by atoms with van der Waals surface area (Å²) in [6.07, 6.45) is 0.318. The van der Waals surface area contributed by atoms with Crippen LogP contribution in [0.4, 0.5) is 10.2 Å². The highest BCUT2D eigenvalue weighted by Gasteiger charge is 2.08. The standard InChI is InChI=1S/C13H16FNO3/c1-9-6-7-11(10(2)8-9)15-12(16)4-3-5-13(17)18-14/h6-8H,3-5H2,1-2H3,(H,15,16). The van der Waals surface area contributed by atoms with Crippen LogP contribution in [0, 0.1) is 13.8 Å². The summed E-state index contributed by atoms with van der Waals surface area (Å²) in [6, 6.07) is 5.71. The first-order valence-electron chi connectivity index (χ1n) is 5.71. The number of carbonyl (C=O) groups is 2. The molecule has 18 heavy (non-hydrogen) atoms. The number of hydrogen-bond donors (Lipinski definition) is 1. The van der Waals surface area contributed by atoms with Gasteiger partial charge in [0, 0.05) is 23.1 Å². The fraction of sp³-hybridized carbons (Fsp3) is 0.385. The van der Waals surface area contributed by atoms with Gasteiger partial charge in [0.2, 0.25) is 5.91 Å². The van der Waals surface area contributed by atoms with Crippen LogP contribution in [0.25, 0.3) is 0 Å². The summed E-state index contributed by atoms with van der Waals surface area (Å²) in [5.41, 5.74) is 2.85. The maximum atomic E-state index is 11.6. The number of aryl methyl sites for hydroxylation is 2. The predicted octanol–water partition coefficient (Wildman–Crippen LogP) is 2.84. The maximum Gasteiger partial charge on any atom is 0.348 e. The SMILES string of the molecule is Cc1ccc(NC(=O)CCCC(=O)OF)c(C)c1. The molecule has 1 rings (SSSR count). The minimum Gasteiger partial charge on any atom is -0.326 e. The van der Waals surface area contributed by atoms with Gasteiger partial charge in [-0.05, 0) is 31.9 Å². The Morgan fingerprint density at radius 1 is 1.28 bits per heavy atom. The fourth-order valence-corrected chi connectivity index (χ4v) is 1.60. The summed E-state index contributed by atoms with van der Waals surface area (Å²) < 4.78 is 11.4. The predicted molar refractivity (Wildman–Crippen MR) is 65.6 cm³/mol. The molecular weight excluding hydrogens is 237 g/mol. The van der Waals surface area contributed by atoms with Crippen LogP contribution in [0.2, 0.25) is 0 Å². The van der Waals surface area contributed by atoms with Crippen molar-refractivity contribution in [2.75, 3.05) is 5.32 Å². The van der Waals surface area contributed by atoms with Gasteiger partial charge in [-0.25, -0.2) is 4.79 Å². The third-order valence-corrected chi connectivity index (χ3v) is 2.53.